The van der Waals surface area contributed by atoms with Gasteiger partial charge in [-0.05, 0) is 24.3 Å². The molecule has 0 unspecified atom stereocenters. The quantitative estimate of drug-likeness (QED) is 0.412. The predicted molar refractivity (Wildman–Crippen MR) is 109 cm³/mol. The number of carbonyl (C=O) groups is 3. The van der Waals surface area contributed by atoms with E-state index >= 15 is 0 Å². The molecule has 12 heteroatoms. The van der Waals surface area contributed by atoms with Gasteiger partial charge in [0.2, 0.25) is 0 Å². The van der Waals surface area contributed by atoms with Gasteiger partial charge in [-0.3, -0.25) is 14.4 Å². The van der Waals surface area contributed by atoms with Gasteiger partial charge in [0.25, 0.3) is 0 Å². The lowest BCUT2D eigenvalue weighted by Crippen LogP contribution is -2.55. The number of benzene rings is 1. The number of aromatic nitrogens is 3. The monoisotopic (exact) mass is 463 g/mol. The molecule has 0 spiro atoms. The number of nitrogens with zero attached hydrogens (tertiary/aromatic N) is 3. The Kier molecular flexibility index (Phi) is 7.83. The highest BCUT2D eigenvalue weighted by Gasteiger charge is 2.48. The van der Waals surface area contributed by atoms with E-state index in [9.17, 15) is 14.4 Å². The van der Waals surface area contributed by atoms with Crippen molar-refractivity contribution in [2.75, 3.05) is 13.7 Å². The lowest BCUT2D eigenvalue weighted by Gasteiger charge is -2.40. The average molecular weight is 463 g/mol. The fourth-order valence-electron chi connectivity index (χ4n) is 3.28. The van der Waals surface area contributed by atoms with Crippen molar-refractivity contribution in [3.05, 3.63) is 36.2 Å². The number of carbonyl (C=O) groups excluding carboxylic acids is 3. The van der Waals surface area contributed by atoms with Gasteiger partial charge in [0, 0.05) is 20.8 Å². The molecule has 1 aliphatic heterocycles. The number of esters is 3. The second-order valence-electron chi connectivity index (χ2n) is 7.17. The Morgan fingerprint density at radius 2 is 1.58 bits per heavy atom. The minimum atomic E-state index is -1.14. The second kappa shape index (κ2) is 10.8. The zero-order valence-electron chi connectivity index (χ0n) is 18.6. The van der Waals surface area contributed by atoms with Crippen LogP contribution in [0.2, 0.25) is 0 Å². The molecule has 0 saturated carbocycles. The molecule has 1 saturated heterocycles. The number of hydrogen-bond donors (Lipinski definition) is 0. The number of ether oxygens (including phenoxy) is 6. The first kappa shape index (κ1) is 24.0. The normalized spacial score (nSPS) is 22.2. The van der Waals surface area contributed by atoms with Gasteiger partial charge in [0.15, 0.2) is 24.5 Å². The van der Waals surface area contributed by atoms with Crippen LogP contribution in [0.5, 0.6) is 11.5 Å². The van der Waals surface area contributed by atoms with Gasteiger partial charge in [-0.2, -0.15) is 0 Å². The van der Waals surface area contributed by atoms with E-state index in [-0.39, 0.29) is 13.2 Å². The first-order valence-electron chi connectivity index (χ1n) is 10.1. The van der Waals surface area contributed by atoms with Crippen LogP contribution in [0.25, 0.3) is 0 Å². The van der Waals surface area contributed by atoms with Gasteiger partial charge < -0.3 is 28.4 Å². The maximum absolute atomic E-state index is 11.8. The molecular formula is C21H25N3O9. The van der Waals surface area contributed by atoms with Crippen LogP contribution in [0, 0.1) is 0 Å². The minimum Gasteiger partial charge on any atom is -0.497 e. The van der Waals surface area contributed by atoms with Gasteiger partial charge in [-0.15, -0.1) is 5.10 Å². The van der Waals surface area contributed by atoms with Gasteiger partial charge in [0.05, 0.1) is 19.9 Å². The Morgan fingerprint density at radius 3 is 2.18 bits per heavy atom. The van der Waals surface area contributed by atoms with Crippen molar-refractivity contribution in [1.29, 1.82) is 0 Å². The summed E-state index contributed by atoms with van der Waals surface area (Å²) in [6.07, 6.45) is -2.62. The molecule has 3 rings (SSSR count). The lowest BCUT2D eigenvalue weighted by atomic mass is 10.0. The maximum Gasteiger partial charge on any atom is 0.303 e. The standard InChI is InChI=1S/C21H25N3O9/c1-12(25)31-18-11-30-21(20(33-14(3)27)19(18)32-13(2)26)24-9-15(22-23-24)10-29-17-7-5-16(28-4)6-8-17/h5-9,18-21H,10-11H2,1-4H3/t18-,19+,20-,21+/m1/s1. The average Bonchev–Trinajstić information content (AvgIpc) is 3.23. The van der Waals surface area contributed by atoms with Crippen LogP contribution in [0.4, 0.5) is 0 Å². The third-order valence-corrected chi connectivity index (χ3v) is 4.59. The summed E-state index contributed by atoms with van der Waals surface area (Å²) in [5.41, 5.74) is 0.474. The Balaban J connectivity index is 1.76. The summed E-state index contributed by atoms with van der Waals surface area (Å²) in [4.78, 5) is 34.9. The number of methoxy groups -OCH3 is 1. The van der Waals surface area contributed by atoms with Crippen molar-refractivity contribution in [1.82, 2.24) is 15.0 Å². The third-order valence-electron chi connectivity index (χ3n) is 4.59. The van der Waals surface area contributed by atoms with Gasteiger partial charge in [-0.1, -0.05) is 5.21 Å². The van der Waals surface area contributed by atoms with Crippen molar-refractivity contribution in [3.8, 4) is 11.5 Å². The van der Waals surface area contributed by atoms with E-state index in [2.05, 4.69) is 10.3 Å². The van der Waals surface area contributed by atoms with Crippen molar-refractivity contribution < 1.29 is 42.8 Å². The minimum absolute atomic E-state index is 0.112. The summed E-state index contributed by atoms with van der Waals surface area (Å²) in [6.45, 7) is 3.61. The van der Waals surface area contributed by atoms with Crippen LogP contribution >= 0.6 is 0 Å². The first-order valence-corrected chi connectivity index (χ1v) is 10.1. The van der Waals surface area contributed by atoms with E-state index in [1.54, 1.807) is 37.6 Å². The molecule has 0 N–H and O–H groups in total. The summed E-state index contributed by atoms with van der Waals surface area (Å²) in [7, 11) is 1.57. The van der Waals surface area contributed by atoms with Crippen molar-refractivity contribution in [2.24, 2.45) is 0 Å². The van der Waals surface area contributed by atoms with Crippen LogP contribution in [-0.2, 0) is 39.9 Å². The van der Waals surface area contributed by atoms with E-state index in [0.29, 0.717) is 17.2 Å². The summed E-state index contributed by atoms with van der Waals surface area (Å²) >= 11 is 0. The molecule has 1 fully saturated rings. The van der Waals surface area contributed by atoms with E-state index in [1.807, 2.05) is 0 Å². The molecule has 1 aromatic heterocycles. The molecule has 2 heterocycles. The summed E-state index contributed by atoms with van der Waals surface area (Å²) in [6, 6.07) is 7.03. The highest BCUT2D eigenvalue weighted by atomic mass is 16.6. The molecule has 0 amide bonds. The lowest BCUT2D eigenvalue weighted by molar-refractivity contribution is -0.241. The van der Waals surface area contributed by atoms with Crippen LogP contribution in [0.15, 0.2) is 30.5 Å². The zero-order valence-corrected chi connectivity index (χ0v) is 18.6. The molecule has 178 valence electrons. The Morgan fingerprint density at radius 1 is 0.970 bits per heavy atom. The van der Waals surface area contributed by atoms with E-state index in [0.717, 1.165) is 0 Å². The van der Waals surface area contributed by atoms with Gasteiger partial charge in [-0.25, -0.2) is 4.68 Å². The van der Waals surface area contributed by atoms with Crippen molar-refractivity contribution in [2.45, 2.75) is 51.9 Å². The zero-order chi connectivity index (χ0) is 24.0. The van der Waals surface area contributed by atoms with Gasteiger partial charge >= 0.3 is 17.9 Å². The van der Waals surface area contributed by atoms with Crippen LogP contribution in [0.1, 0.15) is 32.7 Å². The first-order chi connectivity index (χ1) is 15.8. The molecular weight excluding hydrogens is 438 g/mol. The second-order valence-corrected chi connectivity index (χ2v) is 7.17. The molecule has 0 aliphatic carbocycles. The third kappa shape index (κ3) is 6.42. The van der Waals surface area contributed by atoms with E-state index < -0.39 is 42.4 Å². The number of hydrogen-bond acceptors (Lipinski definition) is 11. The summed E-state index contributed by atoms with van der Waals surface area (Å²) in [5, 5.41) is 8.10. The fraction of sp³-hybridized carbons (Fsp3) is 0.476. The predicted octanol–water partition coefficient (Wildman–Crippen LogP) is 1.19. The SMILES string of the molecule is COc1ccc(OCc2cn([C@H]3OC[C@@H](OC(C)=O)[C@H](OC(C)=O)[C@H]3OC(C)=O)nn2)cc1. The summed E-state index contributed by atoms with van der Waals surface area (Å²) < 4.78 is 33.8. The molecule has 4 atom stereocenters. The Hall–Kier alpha value is -3.67. The van der Waals surface area contributed by atoms with Crippen LogP contribution in [-0.4, -0.2) is 64.9 Å². The molecule has 12 nitrogen and oxygen atoms in total. The summed E-state index contributed by atoms with van der Waals surface area (Å²) in [5.74, 6) is -0.566. The Bertz CT molecular complexity index is 976. The van der Waals surface area contributed by atoms with Crippen LogP contribution in [0.3, 0.4) is 0 Å². The van der Waals surface area contributed by atoms with E-state index in [4.69, 9.17) is 28.4 Å². The highest BCUT2D eigenvalue weighted by molar-refractivity contribution is 5.68. The smallest absolute Gasteiger partial charge is 0.303 e. The molecule has 2 aromatic rings. The van der Waals surface area contributed by atoms with Crippen LogP contribution < -0.4 is 9.47 Å². The maximum atomic E-state index is 11.8. The number of rotatable bonds is 8. The van der Waals surface area contributed by atoms with Gasteiger partial charge in [0.1, 0.15) is 23.8 Å². The molecule has 1 aliphatic rings. The molecule has 33 heavy (non-hydrogen) atoms. The fourth-order valence-corrected chi connectivity index (χ4v) is 3.28. The highest BCUT2D eigenvalue weighted by Crippen LogP contribution is 2.30. The molecule has 0 radical (unpaired) electrons. The van der Waals surface area contributed by atoms with E-state index in [1.165, 1.54) is 25.5 Å². The van der Waals surface area contributed by atoms with Crippen molar-refractivity contribution >= 4 is 17.9 Å². The molecule has 0 bridgehead atoms. The topological polar surface area (TPSA) is 137 Å². The Labute approximate surface area is 189 Å². The molecule has 1 aromatic carbocycles. The largest absolute Gasteiger partial charge is 0.497 e. The van der Waals surface area contributed by atoms with Crippen molar-refractivity contribution in [3.63, 3.8) is 0 Å².